The molecule has 0 spiro atoms. The smallest absolute Gasteiger partial charge is 0.291 e. The van der Waals surface area contributed by atoms with Crippen molar-refractivity contribution in [2.75, 3.05) is 7.05 Å². The van der Waals surface area contributed by atoms with Crippen LogP contribution in [0.4, 0.5) is 0 Å². The number of likely N-dealkylation sites (N-methyl/N-ethyl adjacent to an activating group) is 1. The lowest BCUT2D eigenvalue weighted by Gasteiger charge is -2.09. The van der Waals surface area contributed by atoms with Gasteiger partial charge in [0.25, 0.3) is 5.56 Å². The van der Waals surface area contributed by atoms with Gasteiger partial charge in [0, 0.05) is 13.5 Å². The van der Waals surface area contributed by atoms with Crippen LogP contribution in [0.25, 0.3) is 15.7 Å². The summed E-state index contributed by atoms with van der Waals surface area (Å²) in [6.07, 6.45) is 0.685. The second-order valence-corrected chi connectivity index (χ2v) is 5.39. The van der Waals surface area contributed by atoms with E-state index < -0.39 is 0 Å². The maximum Gasteiger partial charge on any atom is 0.291 e. The summed E-state index contributed by atoms with van der Waals surface area (Å²) in [5.41, 5.74) is 1.33. The number of hydrogen-bond donors (Lipinski definition) is 1. The maximum absolute atomic E-state index is 12.4. The predicted molar refractivity (Wildman–Crippen MR) is 78.3 cm³/mol. The molecule has 3 aromatic rings. The highest BCUT2D eigenvalue weighted by Crippen LogP contribution is 2.24. The van der Waals surface area contributed by atoms with Crippen LogP contribution in [-0.2, 0) is 17.8 Å². The lowest BCUT2D eigenvalue weighted by molar-refractivity contribution is -0.121. The summed E-state index contributed by atoms with van der Waals surface area (Å²) < 4.78 is 4.17. The maximum atomic E-state index is 12.4. The van der Waals surface area contributed by atoms with Crippen LogP contribution in [0, 0.1) is 0 Å². The average Bonchev–Trinajstić information content (AvgIpc) is 3.02. The Kier molecular flexibility index (Phi) is 3.06. The normalized spacial score (nSPS) is 11.3. The second kappa shape index (κ2) is 4.75. The van der Waals surface area contributed by atoms with Gasteiger partial charge >= 0.3 is 0 Å². The molecule has 0 aliphatic carbocycles. The Morgan fingerprint density at radius 3 is 2.95 bits per heavy atom. The van der Waals surface area contributed by atoms with Crippen LogP contribution in [0.5, 0.6) is 0 Å². The standard InChI is InChI=1S/C13H14N4O2S/c1-3-11-15-16(7-12(18)14-2)13(19)9-6-10-8(17(9)11)4-5-20-10/h4-6H,3,7H2,1-2H3,(H,14,18). The van der Waals surface area contributed by atoms with Crippen LogP contribution >= 0.6 is 11.3 Å². The van der Waals surface area contributed by atoms with E-state index in [2.05, 4.69) is 10.4 Å². The Morgan fingerprint density at radius 2 is 2.25 bits per heavy atom. The van der Waals surface area contributed by atoms with Gasteiger partial charge in [0.2, 0.25) is 5.91 Å². The molecule has 1 amide bonds. The topological polar surface area (TPSA) is 68.4 Å². The van der Waals surface area contributed by atoms with Gasteiger partial charge in [-0.05, 0) is 17.5 Å². The van der Waals surface area contributed by atoms with Crippen LogP contribution < -0.4 is 10.9 Å². The zero-order valence-corrected chi connectivity index (χ0v) is 12.0. The molecule has 0 aliphatic rings. The van der Waals surface area contributed by atoms with E-state index in [0.29, 0.717) is 11.9 Å². The lowest BCUT2D eigenvalue weighted by Crippen LogP contribution is -2.33. The van der Waals surface area contributed by atoms with Crippen molar-refractivity contribution in [1.82, 2.24) is 19.5 Å². The van der Waals surface area contributed by atoms with Gasteiger partial charge in [-0.2, -0.15) is 5.10 Å². The van der Waals surface area contributed by atoms with Crippen molar-refractivity contribution in [2.24, 2.45) is 0 Å². The molecule has 0 saturated carbocycles. The molecule has 3 heterocycles. The molecule has 1 N–H and O–H groups in total. The summed E-state index contributed by atoms with van der Waals surface area (Å²) in [5, 5.41) is 8.82. The van der Waals surface area contributed by atoms with Gasteiger partial charge in [-0.15, -0.1) is 11.3 Å². The Labute approximate surface area is 118 Å². The summed E-state index contributed by atoms with van der Waals surface area (Å²) in [6, 6.07) is 3.85. The number of carbonyl (C=O) groups excluding carboxylic acids is 1. The number of aromatic nitrogens is 3. The summed E-state index contributed by atoms with van der Waals surface area (Å²) in [6.45, 7) is 1.92. The summed E-state index contributed by atoms with van der Waals surface area (Å²) >= 11 is 1.59. The van der Waals surface area contributed by atoms with E-state index in [1.165, 1.54) is 4.68 Å². The summed E-state index contributed by atoms with van der Waals surface area (Å²) in [7, 11) is 1.54. The first-order valence-corrected chi connectivity index (χ1v) is 7.23. The van der Waals surface area contributed by atoms with Gasteiger partial charge in [-0.25, -0.2) is 4.68 Å². The first kappa shape index (κ1) is 12.9. The first-order chi connectivity index (χ1) is 9.65. The van der Waals surface area contributed by atoms with Crippen LogP contribution in [0.1, 0.15) is 12.7 Å². The molecule has 104 valence electrons. The number of fused-ring (bicyclic) bond motifs is 3. The van der Waals surface area contributed by atoms with Crippen molar-refractivity contribution in [3.05, 3.63) is 33.7 Å². The molecule has 3 rings (SSSR count). The number of aryl methyl sites for hydroxylation is 1. The average molecular weight is 290 g/mol. The molecule has 0 atom stereocenters. The second-order valence-electron chi connectivity index (χ2n) is 4.44. The van der Waals surface area contributed by atoms with Crippen molar-refractivity contribution in [2.45, 2.75) is 19.9 Å². The van der Waals surface area contributed by atoms with E-state index in [4.69, 9.17) is 0 Å². The zero-order valence-electron chi connectivity index (χ0n) is 11.2. The number of thiophene rings is 1. The molecule has 7 heteroatoms. The van der Waals surface area contributed by atoms with Crippen molar-refractivity contribution < 1.29 is 4.79 Å². The fourth-order valence-electron chi connectivity index (χ4n) is 2.27. The van der Waals surface area contributed by atoms with Gasteiger partial charge in [-0.3, -0.25) is 14.0 Å². The van der Waals surface area contributed by atoms with Crippen LogP contribution in [-0.4, -0.2) is 27.1 Å². The van der Waals surface area contributed by atoms with E-state index in [1.54, 1.807) is 18.4 Å². The van der Waals surface area contributed by atoms with E-state index >= 15 is 0 Å². The van der Waals surface area contributed by atoms with E-state index in [1.807, 2.05) is 28.8 Å². The van der Waals surface area contributed by atoms with E-state index in [9.17, 15) is 9.59 Å². The zero-order chi connectivity index (χ0) is 14.3. The highest BCUT2D eigenvalue weighted by molar-refractivity contribution is 7.17. The van der Waals surface area contributed by atoms with Gasteiger partial charge < -0.3 is 5.32 Å². The molecule has 3 aromatic heterocycles. The third-order valence-corrected chi connectivity index (χ3v) is 4.11. The molecule has 20 heavy (non-hydrogen) atoms. The number of nitrogens with zero attached hydrogens (tertiary/aromatic N) is 3. The van der Waals surface area contributed by atoms with Crippen LogP contribution in [0.15, 0.2) is 22.3 Å². The monoisotopic (exact) mass is 290 g/mol. The highest BCUT2D eigenvalue weighted by atomic mass is 32.1. The molecule has 0 aromatic carbocycles. The minimum atomic E-state index is -0.241. The number of rotatable bonds is 3. The molecule has 0 fully saturated rings. The Hall–Kier alpha value is -2.15. The van der Waals surface area contributed by atoms with Crippen LogP contribution in [0.2, 0.25) is 0 Å². The quantitative estimate of drug-likeness (QED) is 0.783. The molecule has 0 aliphatic heterocycles. The third-order valence-electron chi connectivity index (χ3n) is 3.26. The van der Waals surface area contributed by atoms with Gasteiger partial charge in [0.1, 0.15) is 17.9 Å². The minimum absolute atomic E-state index is 0.0579. The molecular weight excluding hydrogens is 276 g/mol. The fraction of sp³-hybridized carbons (Fsp3) is 0.308. The largest absolute Gasteiger partial charge is 0.358 e. The summed E-state index contributed by atoms with van der Waals surface area (Å²) in [4.78, 5) is 23.9. The van der Waals surface area contributed by atoms with Gasteiger partial charge in [-0.1, -0.05) is 6.92 Å². The van der Waals surface area contributed by atoms with Crippen LogP contribution in [0.3, 0.4) is 0 Å². The number of amides is 1. The highest BCUT2D eigenvalue weighted by Gasteiger charge is 2.15. The molecular formula is C13H14N4O2S. The van der Waals surface area contributed by atoms with Crippen molar-refractivity contribution >= 4 is 33.0 Å². The molecule has 0 radical (unpaired) electrons. The number of carbonyl (C=O) groups is 1. The van der Waals surface area contributed by atoms with Crippen molar-refractivity contribution in [3.8, 4) is 0 Å². The molecule has 0 bridgehead atoms. The van der Waals surface area contributed by atoms with Crippen molar-refractivity contribution in [1.29, 1.82) is 0 Å². The van der Waals surface area contributed by atoms with Gasteiger partial charge in [0.05, 0.1) is 10.2 Å². The minimum Gasteiger partial charge on any atom is -0.358 e. The first-order valence-electron chi connectivity index (χ1n) is 6.35. The Morgan fingerprint density at radius 1 is 1.45 bits per heavy atom. The van der Waals surface area contributed by atoms with Gasteiger partial charge in [0.15, 0.2) is 0 Å². The van der Waals surface area contributed by atoms with E-state index in [0.717, 1.165) is 16.0 Å². The van der Waals surface area contributed by atoms with Crippen molar-refractivity contribution in [3.63, 3.8) is 0 Å². The Balaban J connectivity index is 2.32. The van der Waals surface area contributed by atoms with E-state index in [-0.39, 0.29) is 18.0 Å². The number of hydrogen-bond acceptors (Lipinski definition) is 4. The molecule has 0 saturated heterocycles. The summed E-state index contributed by atoms with van der Waals surface area (Å²) in [5.74, 6) is 0.538. The lowest BCUT2D eigenvalue weighted by atomic mass is 10.4. The fourth-order valence-corrected chi connectivity index (χ4v) is 3.08. The SMILES string of the molecule is CCc1nn(CC(=O)NC)c(=O)c2cc3sccc3n12. The molecule has 0 unspecified atom stereocenters. The Bertz CT molecular complexity index is 858. The predicted octanol–water partition coefficient (Wildman–Crippen LogP) is 1.02. The number of nitrogens with one attached hydrogen (secondary N) is 1. The third kappa shape index (κ3) is 1.82. The molecule has 6 nitrogen and oxygen atoms in total.